The molecule has 2 nitrogen and oxygen atoms in total. The van der Waals surface area contributed by atoms with Crippen LogP contribution in [0.5, 0.6) is 0 Å². The maximum Gasteiger partial charge on any atom is 0.151 e. The van der Waals surface area contributed by atoms with Gasteiger partial charge in [-0.3, -0.25) is 0 Å². The van der Waals surface area contributed by atoms with Gasteiger partial charge in [-0.1, -0.05) is 37.3 Å². The average molecular weight is 192 g/mol. The molecular formula is C12H16O2. The van der Waals surface area contributed by atoms with E-state index in [-0.39, 0.29) is 0 Å². The van der Waals surface area contributed by atoms with Gasteiger partial charge >= 0.3 is 0 Å². The summed E-state index contributed by atoms with van der Waals surface area (Å²) in [5.74, 6) is 0. The van der Waals surface area contributed by atoms with Gasteiger partial charge in [0.2, 0.25) is 0 Å². The Morgan fingerprint density at radius 2 is 2.00 bits per heavy atom. The first-order valence-electron chi connectivity index (χ1n) is 4.84. The minimum atomic E-state index is -0.643. The van der Waals surface area contributed by atoms with Gasteiger partial charge in [-0.05, 0) is 18.9 Å². The van der Waals surface area contributed by atoms with Crippen LogP contribution in [0.2, 0.25) is 0 Å². The molecule has 0 aliphatic heterocycles. The predicted octanol–water partition coefficient (Wildman–Crippen LogP) is 2.57. The largest absolute Gasteiger partial charge is 0.363 e. The molecule has 2 heteroatoms. The SMILES string of the molecule is CC[C@@](C)(C=O)OCc1ccccc1. The molecule has 0 unspecified atom stereocenters. The minimum Gasteiger partial charge on any atom is -0.363 e. The van der Waals surface area contributed by atoms with Crippen molar-refractivity contribution < 1.29 is 9.53 Å². The summed E-state index contributed by atoms with van der Waals surface area (Å²) in [7, 11) is 0. The highest BCUT2D eigenvalue weighted by Crippen LogP contribution is 2.14. The van der Waals surface area contributed by atoms with Crippen LogP contribution < -0.4 is 0 Å². The molecule has 0 aliphatic carbocycles. The molecule has 0 heterocycles. The van der Waals surface area contributed by atoms with Crippen molar-refractivity contribution in [3.63, 3.8) is 0 Å². The standard InChI is InChI=1S/C12H16O2/c1-3-12(2,10-13)14-9-11-7-5-4-6-8-11/h4-8,10H,3,9H2,1-2H3/t12-/m0/s1. The summed E-state index contributed by atoms with van der Waals surface area (Å²) in [5.41, 5.74) is 0.449. The number of aldehydes is 1. The fraction of sp³-hybridized carbons (Fsp3) is 0.417. The molecule has 0 aromatic heterocycles. The van der Waals surface area contributed by atoms with Crippen molar-refractivity contribution in [1.29, 1.82) is 0 Å². The van der Waals surface area contributed by atoms with Crippen LogP contribution in [-0.2, 0) is 16.1 Å². The molecule has 0 aliphatic rings. The molecule has 0 saturated carbocycles. The number of carbonyl (C=O) groups excluding carboxylic acids is 1. The summed E-state index contributed by atoms with van der Waals surface area (Å²) < 4.78 is 5.55. The van der Waals surface area contributed by atoms with E-state index in [1.807, 2.05) is 44.2 Å². The number of ether oxygens (including phenoxy) is 1. The van der Waals surface area contributed by atoms with Gasteiger partial charge in [-0.2, -0.15) is 0 Å². The lowest BCUT2D eigenvalue weighted by atomic mass is 10.1. The molecule has 0 N–H and O–H groups in total. The number of hydrogen-bond acceptors (Lipinski definition) is 2. The number of benzene rings is 1. The van der Waals surface area contributed by atoms with Crippen molar-refractivity contribution in [3.8, 4) is 0 Å². The van der Waals surface area contributed by atoms with Crippen LogP contribution in [0.1, 0.15) is 25.8 Å². The van der Waals surface area contributed by atoms with Crippen LogP contribution in [0.3, 0.4) is 0 Å². The second-order valence-corrected chi connectivity index (χ2v) is 3.56. The molecule has 0 saturated heterocycles. The van der Waals surface area contributed by atoms with Crippen molar-refractivity contribution in [2.45, 2.75) is 32.5 Å². The third-order valence-corrected chi connectivity index (χ3v) is 2.36. The smallest absolute Gasteiger partial charge is 0.151 e. The molecule has 0 amide bonds. The lowest BCUT2D eigenvalue weighted by Crippen LogP contribution is -2.29. The minimum absolute atomic E-state index is 0.490. The summed E-state index contributed by atoms with van der Waals surface area (Å²) >= 11 is 0. The van der Waals surface area contributed by atoms with Crippen molar-refractivity contribution in [1.82, 2.24) is 0 Å². The third kappa shape index (κ3) is 2.96. The Morgan fingerprint density at radius 3 is 2.50 bits per heavy atom. The molecule has 1 atom stereocenters. The summed E-state index contributed by atoms with van der Waals surface area (Å²) in [5, 5.41) is 0. The van der Waals surface area contributed by atoms with Gasteiger partial charge in [-0.25, -0.2) is 0 Å². The van der Waals surface area contributed by atoms with Crippen molar-refractivity contribution in [2.24, 2.45) is 0 Å². The van der Waals surface area contributed by atoms with E-state index in [1.165, 1.54) is 0 Å². The Labute approximate surface area is 84.9 Å². The Morgan fingerprint density at radius 1 is 1.36 bits per heavy atom. The summed E-state index contributed by atoms with van der Waals surface area (Å²) in [6.07, 6.45) is 1.57. The first-order valence-corrected chi connectivity index (χ1v) is 4.84. The first kappa shape index (κ1) is 10.9. The molecule has 1 rings (SSSR count). The number of hydrogen-bond donors (Lipinski definition) is 0. The maximum absolute atomic E-state index is 10.8. The van der Waals surface area contributed by atoms with E-state index in [0.717, 1.165) is 11.8 Å². The molecule has 14 heavy (non-hydrogen) atoms. The van der Waals surface area contributed by atoms with Crippen molar-refractivity contribution in [3.05, 3.63) is 35.9 Å². The lowest BCUT2D eigenvalue weighted by Gasteiger charge is -2.21. The van der Waals surface area contributed by atoms with Gasteiger partial charge in [0.25, 0.3) is 0 Å². The van der Waals surface area contributed by atoms with Gasteiger partial charge in [0.1, 0.15) is 5.60 Å². The molecule has 1 aromatic rings. The van der Waals surface area contributed by atoms with Crippen LogP contribution >= 0.6 is 0 Å². The molecule has 0 bridgehead atoms. The second-order valence-electron chi connectivity index (χ2n) is 3.56. The Hall–Kier alpha value is -1.15. The summed E-state index contributed by atoms with van der Waals surface area (Å²) in [6, 6.07) is 9.86. The zero-order valence-corrected chi connectivity index (χ0v) is 8.69. The lowest BCUT2D eigenvalue weighted by molar-refractivity contribution is -0.131. The first-order chi connectivity index (χ1) is 6.70. The van der Waals surface area contributed by atoms with Crippen LogP contribution in [0.25, 0.3) is 0 Å². The van der Waals surface area contributed by atoms with Crippen LogP contribution in [-0.4, -0.2) is 11.9 Å². The van der Waals surface area contributed by atoms with E-state index in [9.17, 15) is 4.79 Å². The fourth-order valence-corrected chi connectivity index (χ4v) is 1.04. The van der Waals surface area contributed by atoms with Gasteiger partial charge in [0.05, 0.1) is 6.61 Å². The average Bonchev–Trinajstić information content (AvgIpc) is 2.27. The fourth-order valence-electron chi connectivity index (χ4n) is 1.04. The highest BCUT2D eigenvalue weighted by atomic mass is 16.5. The van der Waals surface area contributed by atoms with Gasteiger partial charge in [-0.15, -0.1) is 0 Å². The normalized spacial score (nSPS) is 14.7. The predicted molar refractivity (Wildman–Crippen MR) is 56.0 cm³/mol. The van der Waals surface area contributed by atoms with Crippen LogP contribution in [0.4, 0.5) is 0 Å². The highest BCUT2D eigenvalue weighted by molar-refractivity contribution is 5.61. The zero-order chi connectivity index (χ0) is 10.4. The van der Waals surface area contributed by atoms with E-state index in [1.54, 1.807) is 0 Å². The van der Waals surface area contributed by atoms with Gasteiger partial charge < -0.3 is 9.53 Å². The van der Waals surface area contributed by atoms with E-state index in [0.29, 0.717) is 13.0 Å². The number of rotatable bonds is 5. The second kappa shape index (κ2) is 4.91. The summed E-state index contributed by atoms with van der Waals surface area (Å²) in [6.45, 7) is 4.24. The van der Waals surface area contributed by atoms with Gasteiger partial charge in [0, 0.05) is 0 Å². The van der Waals surface area contributed by atoms with E-state index in [4.69, 9.17) is 4.74 Å². The molecular weight excluding hydrogens is 176 g/mol. The molecule has 1 aromatic carbocycles. The Balaban J connectivity index is 2.52. The Bertz CT molecular complexity index is 282. The van der Waals surface area contributed by atoms with Crippen molar-refractivity contribution in [2.75, 3.05) is 0 Å². The van der Waals surface area contributed by atoms with Crippen LogP contribution in [0, 0.1) is 0 Å². The zero-order valence-electron chi connectivity index (χ0n) is 8.69. The van der Waals surface area contributed by atoms with Crippen molar-refractivity contribution >= 4 is 6.29 Å². The molecule has 0 radical (unpaired) electrons. The topological polar surface area (TPSA) is 26.3 Å². The molecule has 0 spiro atoms. The van der Waals surface area contributed by atoms with E-state index < -0.39 is 5.60 Å². The molecule has 0 fully saturated rings. The van der Waals surface area contributed by atoms with Gasteiger partial charge in [0.15, 0.2) is 6.29 Å². The van der Waals surface area contributed by atoms with E-state index >= 15 is 0 Å². The maximum atomic E-state index is 10.8. The Kier molecular flexibility index (Phi) is 3.84. The summed E-state index contributed by atoms with van der Waals surface area (Å²) in [4.78, 5) is 10.8. The molecule has 76 valence electrons. The van der Waals surface area contributed by atoms with Crippen LogP contribution in [0.15, 0.2) is 30.3 Å². The monoisotopic (exact) mass is 192 g/mol. The van der Waals surface area contributed by atoms with E-state index in [2.05, 4.69) is 0 Å². The number of carbonyl (C=O) groups is 1. The third-order valence-electron chi connectivity index (χ3n) is 2.36. The highest BCUT2D eigenvalue weighted by Gasteiger charge is 2.21. The quantitative estimate of drug-likeness (QED) is 0.670.